The number of carbonyl (C=O) groups is 1. The third-order valence-corrected chi connectivity index (χ3v) is 2.90. The molecular weight excluding hydrogens is 212 g/mol. The average Bonchev–Trinajstić information content (AvgIpc) is 2.28. The zero-order valence-electron chi connectivity index (χ0n) is 11.2. The second-order valence-corrected chi connectivity index (χ2v) is 4.63. The van der Waals surface area contributed by atoms with Crippen molar-refractivity contribution < 1.29 is 4.79 Å². The van der Waals surface area contributed by atoms with E-state index in [-0.39, 0.29) is 11.9 Å². The molecule has 0 unspecified atom stereocenters. The zero-order valence-corrected chi connectivity index (χ0v) is 11.2. The first-order chi connectivity index (χ1) is 7.99. The fourth-order valence-corrected chi connectivity index (χ4v) is 1.86. The van der Waals surface area contributed by atoms with Crippen LogP contribution in [0.15, 0.2) is 18.2 Å². The molecule has 2 N–H and O–H groups in total. The van der Waals surface area contributed by atoms with Gasteiger partial charge in [0.2, 0.25) is 0 Å². The van der Waals surface area contributed by atoms with Gasteiger partial charge in [-0.15, -0.1) is 0 Å². The van der Waals surface area contributed by atoms with E-state index in [1.807, 2.05) is 37.8 Å². The van der Waals surface area contributed by atoms with Gasteiger partial charge in [0.15, 0.2) is 0 Å². The Bertz CT molecular complexity index is 399. The highest BCUT2D eigenvalue weighted by Crippen LogP contribution is 2.19. The van der Waals surface area contributed by atoms with Crippen molar-refractivity contribution in [3.05, 3.63) is 29.3 Å². The van der Waals surface area contributed by atoms with Crippen molar-refractivity contribution in [2.45, 2.75) is 40.2 Å². The minimum Gasteiger partial charge on any atom is -0.398 e. The van der Waals surface area contributed by atoms with Crippen LogP contribution in [0.5, 0.6) is 0 Å². The van der Waals surface area contributed by atoms with Crippen molar-refractivity contribution in [1.82, 2.24) is 4.90 Å². The highest BCUT2D eigenvalue weighted by molar-refractivity contribution is 5.99. The molecule has 17 heavy (non-hydrogen) atoms. The summed E-state index contributed by atoms with van der Waals surface area (Å²) in [6.07, 6.45) is 0.954. The number of nitrogens with two attached hydrogens (primary N) is 1. The standard InChI is InChI=1S/C14H22N2O/c1-5-9-16(10(2)3)14(17)12-8-6-7-11(4)13(12)15/h6-8,10H,5,9,15H2,1-4H3. The SMILES string of the molecule is CCCN(C(=O)c1cccc(C)c1N)C(C)C. The van der Waals surface area contributed by atoms with Crippen molar-refractivity contribution in [1.29, 1.82) is 0 Å². The molecule has 94 valence electrons. The van der Waals surface area contributed by atoms with Crippen LogP contribution in [0.2, 0.25) is 0 Å². The number of hydrogen-bond donors (Lipinski definition) is 1. The molecule has 0 heterocycles. The molecule has 3 nitrogen and oxygen atoms in total. The van der Waals surface area contributed by atoms with Gasteiger partial charge in [-0.25, -0.2) is 0 Å². The molecule has 0 aliphatic carbocycles. The molecule has 1 aromatic rings. The van der Waals surface area contributed by atoms with E-state index in [4.69, 9.17) is 5.73 Å². The van der Waals surface area contributed by atoms with E-state index in [1.165, 1.54) is 0 Å². The Morgan fingerprint density at radius 3 is 2.59 bits per heavy atom. The molecule has 0 aliphatic rings. The lowest BCUT2D eigenvalue weighted by Crippen LogP contribution is -2.37. The molecule has 0 aliphatic heterocycles. The number of nitrogen functional groups attached to an aromatic ring is 1. The number of carbonyl (C=O) groups excluding carboxylic acids is 1. The van der Waals surface area contributed by atoms with Gasteiger partial charge in [-0.3, -0.25) is 4.79 Å². The summed E-state index contributed by atoms with van der Waals surface area (Å²) in [4.78, 5) is 14.3. The number of amides is 1. The van der Waals surface area contributed by atoms with Crippen molar-refractivity contribution in [2.24, 2.45) is 0 Å². The first-order valence-corrected chi connectivity index (χ1v) is 6.15. The first-order valence-electron chi connectivity index (χ1n) is 6.15. The molecule has 0 radical (unpaired) electrons. The Hall–Kier alpha value is -1.51. The lowest BCUT2D eigenvalue weighted by Gasteiger charge is -2.27. The summed E-state index contributed by atoms with van der Waals surface area (Å²) in [6.45, 7) is 8.82. The molecule has 0 saturated carbocycles. The van der Waals surface area contributed by atoms with Crippen molar-refractivity contribution in [3.8, 4) is 0 Å². The molecule has 0 bridgehead atoms. The van der Waals surface area contributed by atoms with Gasteiger partial charge in [0.25, 0.3) is 5.91 Å². The van der Waals surface area contributed by atoms with E-state index in [9.17, 15) is 4.79 Å². The normalized spacial score (nSPS) is 10.6. The number of para-hydroxylation sites is 1. The summed E-state index contributed by atoms with van der Waals surface area (Å²) >= 11 is 0. The highest BCUT2D eigenvalue weighted by atomic mass is 16.2. The summed E-state index contributed by atoms with van der Waals surface area (Å²) < 4.78 is 0. The van der Waals surface area contributed by atoms with Crippen LogP contribution in [0.3, 0.4) is 0 Å². The number of benzene rings is 1. The van der Waals surface area contributed by atoms with E-state index in [2.05, 4.69) is 6.92 Å². The minimum absolute atomic E-state index is 0.0306. The van der Waals surface area contributed by atoms with Gasteiger partial charge in [0.1, 0.15) is 0 Å². The maximum absolute atomic E-state index is 12.4. The van der Waals surface area contributed by atoms with Crippen molar-refractivity contribution in [2.75, 3.05) is 12.3 Å². The molecule has 0 atom stereocenters. The molecule has 0 fully saturated rings. The Morgan fingerprint density at radius 2 is 2.06 bits per heavy atom. The summed E-state index contributed by atoms with van der Waals surface area (Å²) in [5.41, 5.74) is 8.14. The molecule has 0 aromatic heterocycles. The van der Waals surface area contributed by atoms with Crippen LogP contribution in [0.4, 0.5) is 5.69 Å². The Balaban J connectivity index is 3.05. The number of anilines is 1. The summed E-state index contributed by atoms with van der Waals surface area (Å²) in [7, 11) is 0. The van der Waals surface area contributed by atoms with Gasteiger partial charge < -0.3 is 10.6 Å². The van der Waals surface area contributed by atoms with Gasteiger partial charge in [-0.05, 0) is 38.8 Å². The van der Waals surface area contributed by atoms with Gasteiger partial charge in [-0.2, -0.15) is 0 Å². The number of hydrogen-bond acceptors (Lipinski definition) is 2. The van der Waals surface area contributed by atoms with Crippen LogP contribution in [0.1, 0.15) is 43.1 Å². The van der Waals surface area contributed by atoms with Crippen LogP contribution in [-0.4, -0.2) is 23.4 Å². The maximum atomic E-state index is 12.4. The third kappa shape index (κ3) is 2.99. The van der Waals surface area contributed by atoms with Gasteiger partial charge >= 0.3 is 0 Å². The number of rotatable bonds is 4. The number of aryl methyl sites for hydroxylation is 1. The predicted octanol–water partition coefficient (Wildman–Crippen LogP) is 2.84. The van der Waals surface area contributed by atoms with E-state index in [1.54, 1.807) is 6.07 Å². The molecule has 1 rings (SSSR count). The largest absolute Gasteiger partial charge is 0.398 e. The smallest absolute Gasteiger partial charge is 0.256 e. The number of nitrogens with zero attached hydrogens (tertiary/aromatic N) is 1. The average molecular weight is 234 g/mol. The fraction of sp³-hybridized carbons (Fsp3) is 0.500. The van der Waals surface area contributed by atoms with E-state index in [0.717, 1.165) is 18.5 Å². The molecule has 1 aromatic carbocycles. The molecular formula is C14H22N2O. The third-order valence-electron chi connectivity index (χ3n) is 2.90. The van der Waals surface area contributed by atoms with Gasteiger partial charge in [0.05, 0.1) is 5.56 Å². The summed E-state index contributed by atoms with van der Waals surface area (Å²) in [5.74, 6) is 0.0306. The Kier molecular flexibility index (Phi) is 4.55. The summed E-state index contributed by atoms with van der Waals surface area (Å²) in [6, 6.07) is 5.80. The zero-order chi connectivity index (χ0) is 13.0. The van der Waals surface area contributed by atoms with Gasteiger partial charge in [-0.1, -0.05) is 19.1 Å². The minimum atomic E-state index is 0.0306. The Labute approximate surface area is 104 Å². The van der Waals surface area contributed by atoms with E-state index >= 15 is 0 Å². The Morgan fingerprint density at radius 1 is 1.41 bits per heavy atom. The predicted molar refractivity (Wildman–Crippen MR) is 72.1 cm³/mol. The second-order valence-electron chi connectivity index (χ2n) is 4.63. The molecule has 1 amide bonds. The maximum Gasteiger partial charge on any atom is 0.256 e. The van der Waals surface area contributed by atoms with Crippen molar-refractivity contribution in [3.63, 3.8) is 0 Å². The van der Waals surface area contributed by atoms with Crippen LogP contribution < -0.4 is 5.73 Å². The van der Waals surface area contributed by atoms with Crippen molar-refractivity contribution >= 4 is 11.6 Å². The van der Waals surface area contributed by atoms with Crippen LogP contribution >= 0.6 is 0 Å². The van der Waals surface area contributed by atoms with Crippen LogP contribution in [0, 0.1) is 6.92 Å². The molecule has 3 heteroatoms. The molecule has 0 spiro atoms. The lowest BCUT2D eigenvalue weighted by molar-refractivity contribution is 0.0707. The topological polar surface area (TPSA) is 46.3 Å². The lowest BCUT2D eigenvalue weighted by atomic mass is 10.1. The van der Waals surface area contributed by atoms with E-state index < -0.39 is 0 Å². The monoisotopic (exact) mass is 234 g/mol. The highest BCUT2D eigenvalue weighted by Gasteiger charge is 2.20. The quantitative estimate of drug-likeness (QED) is 0.814. The van der Waals surface area contributed by atoms with E-state index in [0.29, 0.717) is 11.3 Å². The van der Waals surface area contributed by atoms with Gasteiger partial charge in [0, 0.05) is 18.3 Å². The first kappa shape index (κ1) is 13.6. The van der Waals surface area contributed by atoms with Crippen LogP contribution in [-0.2, 0) is 0 Å². The molecule has 0 saturated heterocycles. The summed E-state index contributed by atoms with van der Waals surface area (Å²) in [5, 5.41) is 0. The van der Waals surface area contributed by atoms with Crippen LogP contribution in [0.25, 0.3) is 0 Å². The second kappa shape index (κ2) is 5.71. The fourth-order valence-electron chi connectivity index (χ4n) is 1.86.